The minimum atomic E-state index is -1.06. The lowest BCUT2D eigenvalue weighted by molar-refractivity contribution is -0.139. The van der Waals surface area contributed by atoms with E-state index < -0.39 is 18.6 Å². The average Bonchev–Trinajstić information content (AvgIpc) is 2.77. The maximum Gasteiger partial charge on any atom is 0.341 e. The molecule has 0 spiro atoms. The minimum Gasteiger partial charge on any atom is -0.482 e. The van der Waals surface area contributed by atoms with Crippen molar-refractivity contribution < 1.29 is 14.6 Å². The zero-order valence-electron chi connectivity index (χ0n) is 16.6. The fourth-order valence-electron chi connectivity index (χ4n) is 3.27. The van der Waals surface area contributed by atoms with Gasteiger partial charge in [0.1, 0.15) is 5.75 Å². The van der Waals surface area contributed by atoms with Crippen molar-refractivity contribution in [2.45, 2.75) is 13.0 Å². The molecule has 3 N–H and O–H groups in total. The van der Waals surface area contributed by atoms with Crippen molar-refractivity contribution in [2.24, 2.45) is 0 Å². The highest BCUT2D eigenvalue weighted by atomic mass is 16.5. The number of fused-ring (bicyclic) bond motifs is 1. The Kier molecular flexibility index (Phi) is 5.31. The Balaban J connectivity index is 1.72. The van der Waals surface area contributed by atoms with Gasteiger partial charge >= 0.3 is 5.97 Å². The molecule has 0 aliphatic rings. The summed E-state index contributed by atoms with van der Waals surface area (Å²) in [6.07, 6.45) is 3.20. The lowest BCUT2D eigenvalue weighted by Gasteiger charge is -2.16. The first kappa shape index (κ1) is 20.0. The first-order valence-corrected chi connectivity index (χ1v) is 9.47. The Labute approximate surface area is 176 Å². The van der Waals surface area contributed by atoms with Crippen molar-refractivity contribution in [3.05, 3.63) is 76.8 Å². The van der Waals surface area contributed by atoms with Crippen LogP contribution in [0.1, 0.15) is 18.5 Å². The lowest BCUT2D eigenvalue weighted by atomic mass is 10.1. The summed E-state index contributed by atoms with van der Waals surface area (Å²) in [6.45, 7) is 1.40. The molecule has 156 valence electrons. The maximum absolute atomic E-state index is 13.2. The van der Waals surface area contributed by atoms with Crippen LogP contribution in [-0.4, -0.2) is 37.4 Å². The molecule has 0 radical (unpaired) electrons. The molecule has 0 amide bonds. The van der Waals surface area contributed by atoms with Gasteiger partial charge in [0, 0.05) is 17.1 Å². The summed E-state index contributed by atoms with van der Waals surface area (Å²) in [5, 5.41) is 14.3. The quantitative estimate of drug-likeness (QED) is 0.489. The van der Waals surface area contributed by atoms with E-state index in [4.69, 9.17) is 15.6 Å². The van der Waals surface area contributed by atoms with Crippen LogP contribution in [0.2, 0.25) is 0 Å². The van der Waals surface area contributed by atoms with E-state index >= 15 is 0 Å². The Morgan fingerprint density at radius 2 is 2.06 bits per heavy atom. The summed E-state index contributed by atoms with van der Waals surface area (Å²) < 4.78 is 6.63. The highest BCUT2D eigenvalue weighted by Crippen LogP contribution is 2.24. The molecule has 0 saturated heterocycles. The lowest BCUT2D eigenvalue weighted by Crippen LogP contribution is -2.26. The van der Waals surface area contributed by atoms with Crippen LogP contribution in [0.15, 0.2) is 65.7 Å². The Morgan fingerprint density at radius 1 is 1.23 bits per heavy atom. The van der Waals surface area contributed by atoms with E-state index in [-0.39, 0.29) is 11.5 Å². The van der Waals surface area contributed by atoms with E-state index in [1.807, 2.05) is 25.1 Å². The Hall–Kier alpha value is -4.27. The second kappa shape index (κ2) is 8.23. The number of nitrogen functional groups attached to an aromatic ring is 1. The molecular formula is C22H19N5O4. The van der Waals surface area contributed by atoms with Gasteiger partial charge in [-0.25, -0.2) is 19.4 Å². The number of carboxylic acid groups (broad SMARTS) is 1. The van der Waals surface area contributed by atoms with E-state index in [0.29, 0.717) is 22.2 Å². The molecule has 0 saturated carbocycles. The number of rotatable bonds is 6. The molecule has 1 atom stereocenters. The van der Waals surface area contributed by atoms with Crippen LogP contribution in [0, 0.1) is 0 Å². The summed E-state index contributed by atoms with van der Waals surface area (Å²) in [7, 11) is 0. The maximum atomic E-state index is 13.2. The normalized spacial score (nSPS) is 11.9. The highest BCUT2D eigenvalue weighted by Gasteiger charge is 2.15. The van der Waals surface area contributed by atoms with Gasteiger partial charge in [-0.3, -0.25) is 4.79 Å². The van der Waals surface area contributed by atoms with Crippen LogP contribution in [0.5, 0.6) is 5.75 Å². The zero-order chi connectivity index (χ0) is 22.0. The molecule has 0 bridgehead atoms. The van der Waals surface area contributed by atoms with Crippen LogP contribution >= 0.6 is 0 Å². The molecular weight excluding hydrogens is 398 g/mol. The first-order chi connectivity index (χ1) is 14.9. The van der Waals surface area contributed by atoms with Gasteiger partial charge in [0.05, 0.1) is 23.3 Å². The van der Waals surface area contributed by atoms with Gasteiger partial charge in [-0.2, -0.15) is 5.10 Å². The fraction of sp³-hybridized carbons (Fsp3) is 0.136. The predicted molar refractivity (Wildman–Crippen MR) is 115 cm³/mol. The van der Waals surface area contributed by atoms with Crippen molar-refractivity contribution in [1.82, 2.24) is 19.7 Å². The van der Waals surface area contributed by atoms with Gasteiger partial charge in [0.25, 0.3) is 5.56 Å². The number of hydrogen-bond donors (Lipinski definition) is 2. The first-order valence-electron chi connectivity index (χ1n) is 9.47. The standard InChI is InChI=1S/C22H19N5O4/c1-13(14-3-2-4-17(9-14)31-12-20(28)29)27-21(30)18-10-15(5-6-16(18)11-25-27)19-7-8-24-22(23)26-19/h2-11,13H,12H2,1H3,(H,28,29)(H2,23,24,26)/t13-/m1/s1. The summed E-state index contributed by atoms with van der Waals surface area (Å²) in [6, 6.07) is 13.7. The van der Waals surface area contributed by atoms with E-state index in [1.165, 1.54) is 4.68 Å². The van der Waals surface area contributed by atoms with E-state index in [9.17, 15) is 9.59 Å². The molecule has 2 aromatic carbocycles. The molecule has 9 heteroatoms. The monoisotopic (exact) mass is 417 g/mol. The number of benzene rings is 2. The van der Waals surface area contributed by atoms with Crippen molar-refractivity contribution in [3.8, 4) is 17.0 Å². The molecule has 0 fully saturated rings. The zero-order valence-corrected chi connectivity index (χ0v) is 16.6. The summed E-state index contributed by atoms with van der Waals surface area (Å²) in [4.78, 5) is 32.1. The molecule has 31 heavy (non-hydrogen) atoms. The van der Waals surface area contributed by atoms with E-state index in [1.54, 1.807) is 42.7 Å². The third kappa shape index (κ3) is 4.20. The predicted octanol–water partition coefficient (Wildman–Crippen LogP) is 2.51. The number of aliphatic carboxylic acids is 1. The molecule has 4 aromatic rings. The molecule has 9 nitrogen and oxygen atoms in total. The summed E-state index contributed by atoms with van der Waals surface area (Å²) in [5.41, 5.74) is 7.54. The number of hydrogen-bond acceptors (Lipinski definition) is 7. The molecule has 0 aliphatic carbocycles. The van der Waals surface area contributed by atoms with Gasteiger partial charge in [0.15, 0.2) is 6.61 Å². The number of nitrogens with zero attached hydrogens (tertiary/aromatic N) is 4. The van der Waals surface area contributed by atoms with Crippen molar-refractivity contribution in [1.29, 1.82) is 0 Å². The third-order valence-electron chi connectivity index (χ3n) is 4.85. The number of aromatic nitrogens is 4. The molecule has 0 aliphatic heterocycles. The largest absolute Gasteiger partial charge is 0.482 e. The number of carboxylic acids is 1. The van der Waals surface area contributed by atoms with Crippen LogP contribution < -0.4 is 16.0 Å². The molecule has 2 aromatic heterocycles. The number of nitrogens with two attached hydrogens (primary N) is 1. The summed E-state index contributed by atoms with van der Waals surface area (Å²) in [5.74, 6) is -0.500. The number of carbonyl (C=O) groups is 1. The fourth-order valence-corrected chi connectivity index (χ4v) is 3.27. The summed E-state index contributed by atoms with van der Waals surface area (Å²) >= 11 is 0. The highest BCUT2D eigenvalue weighted by molar-refractivity contribution is 5.85. The SMILES string of the molecule is C[C@H](c1cccc(OCC(=O)O)c1)n1ncc2ccc(-c3ccnc(N)n3)cc2c1=O. The third-order valence-corrected chi connectivity index (χ3v) is 4.85. The Morgan fingerprint density at radius 3 is 2.84 bits per heavy atom. The van der Waals surface area contributed by atoms with E-state index in [2.05, 4.69) is 15.1 Å². The topological polar surface area (TPSA) is 133 Å². The van der Waals surface area contributed by atoms with Gasteiger partial charge in [0.2, 0.25) is 5.95 Å². The average molecular weight is 417 g/mol. The van der Waals surface area contributed by atoms with Gasteiger partial charge in [-0.15, -0.1) is 0 Å². The van der Waals surface area contributed by atoms with Crippen molar-refractivity contribution in [3.63, 3.8) is 0 Å². The van der Waals surface area contributed by atoms with Crippen LogP contribution in [0.25, 0.3) is 22.0 Å². The van der Waals surface area contributed by atoms with Crippen molar-refractivity contribution >= 4 is 22.7 Å². The van der Waals surface area contributed by atoms with Gasteiger partial charge in [-0.05, 0) is 36.8 Å². The smallest absolute Gasteiger partial charge is 0.341 e. The number of ether oxygens (including phenoxy) is 1. The van der Waals surface area contributed by atoms with Crippen molar-refractivity contribution in [2.75, 3.05) is 12.3 Å². The van der Waals surface area contributed by atoms with Crippen LogP contribution in [0.4, 0.5) is 5.95 Å². The second-order valence-electron chi connectivity index (χ2n) is 6.93. The van der Waals surface area contributed by atoms with E-state index in [0.717, 1.165) is 11.1 Å². The van der Waals surface area contributed by atoms with Gasteiger partial charge in [-0.1, -0.05) is 24.3 Å². The second-order valence-corrected chi connectivity index (χ2v) is 6.93. The molecule has 4 rings (SSSR count). The molecule has 2 heterocycles. The van der Waals surface area contributed by atoms with Gasteiger partial charge < -0.3 is 15.6 Å². The molecule has 0 unspecified atom stereocenters. The Bertz CT molecular complexity index is 1340. The van der Waals surface area contributed by atoms with Crippen LogP contribution in [0.3, 0.4) is 0 Å². The number of anilines is 1. The van der Waals surface area contributed by atoms with Crippen LogP contribution in [-0.2, 0) is 4.79 Å². The minimum absolute atomic E-state index is 0.156.